The molecule has 0 saturated heterocycles. The number of benzene rings is 1. The summed E-state index contributed by atoms with van der Waals surface area (Å²) in [6.45, 7) is 0. The first kappa shape index (κ1) is 15.9. The summed E-state index contributed by atoms with van der Waals surface area (Å²) in [5.41, 5.74) is 0.787. The summed E-state index contributed by atoms with van der Waals surface area (Å²) in [5.74, 6) is 0.259. The molecule has 0 radical (unpaired) electrons. The highest BCUT2D eigenvalue weighted by Crippen LogP contribution is 2.39. The number of aromatic hydroxyl groups is 2. The zero-order chi connectivity index (χ0) is 16.1. The molecule has 1 saturated carbocycles. The molecule has 1 aliphatic rings. The van der Waals surface area contributed by atoms with Gasteiger partial charge in [0.25, 0.3) is 0 Å². The van der Waals surface area contributed by atoms with Crippen LogP contribution in [0.15, 0.2) is 18.2 Å². The van der Waals surface area contributed by atoms with E-state index in [1.54, 1.807) is 12.1 Å². The van der Waals surface area contributed by atoms with Gasteiger partial charge in [0.15, 0.2) is 0 Å². The van der Waals surface area contributed by atoms with E-state index < -0.39 is 12.2 Å². The predicted octanol–water partition coefficient (Wildman–Crippen LogP) is 2.62. The van der Waals surface area contributed by atoms with Gasteiger partial charge in [-0.3, -0.25) is 0 Å². The van der Waals surface area contributed by atoms with Crippen molar-refractivity contribution in [2.75, 3.05) is 7.11 Å². The zero-order valence-corrected chi connectivity index (χ0v) is 12.2. The van der Waals surface area contributed by atoms with Crippen molar-refractivity contribution in [2.45, 2.75) is 37.7 Å². The Bertz CT molecular complexity index is 551. The van der Waals surface area contributed by atoms with E-state index >= 15 is 0 Å². The average Bonchev–Trinajstić information content (AvgIpc) is 2.48. The molecule has 0 unspecified atom stereocenters. The van der Waals surface area contributed by atoms with Crippen molar-refractivity contribution in [1.29, 1.82) is 0 Å². The van der Waals surface area contributed by atoms with Gasteiger partial charge in [0.1, 0.15) is 17.6 Å². The SMILES string of the molecule is COC(=O)NC(=O)OC1CCC(c2ccc(O)cc2O)CC1. The van der Waals surface area contributed by atoms with Crippen LogP contribution in [-0.2, 0) is 9.47 Å². The van der Waals surface area contributed by atoms with E-state index in [9.17, 15) is 19.8 Å². The molecule has 1 aliphatic carbocycles. The number of hydrogen-bond acceptors (Lipinski definition) is 6. The maximum absolute atomic E-state index is 11.4. The molecule has 3 N–H and O–H groups in total. The first-order chi connectivity index (χ1) is 10.5. The van der Waals surface area contributed by atoms with Crippen molar-refractivity contribution in [1.82, 2.24) is 5.32 Å². The first-order valence-electron chi connectivity index (χ1n) is 7.07. The Balaban J connectivity index is 1.85. The van der Waals surface area contributed by atoms with Crippen LogP contribution in [0.1, 0.15) is 37.2 Å². The number of rotatable bonds is 2. The Hall–Kier alpha value is -2.44. The lowest BCUT2D eigenvalue weighted by molar-refractivity contribution is 0.0699. The maximum atomic E-state index is 11.4. The van der Waals surface area contributed by atoms with Gasteiger partial charge in [-0.25, -0.2) is 14.9 Å². The summed E-state index contributed by atoms with van der Waals surface area (Å²) in [7, 11) is 1.16. The maximum Gasteiger partial charge on any atom is 0.416 e. The van der Waals surface area contributed by atoms with Crippen LogP contribution in [0.25, 0.3) is 0 Å². The van der Waals surface area contributed by atoms with E-state index in [1.807, 2.05) is 5.32 Å². The summed E-state index contributed by atoms with van der Waals surface area (Å²) in [6, 6.07) is 4.57. The Morgan fingerprint density at radius 2 is 1.82 bits per heavy atom. The lowest BCUT2D eigenvalue weighted by Gasteiger charge is -2.28. The Morgan fingerprint density at radius 3 is 2.41 bits per heavy atom. The van der Waals surface area contributed by atoms with Crippen LogP contribution in [0.3, 0.4) is 0 Å². The molecule has 0 heterocycles. The van der Waals surface area contributed by atoms with Crippen LogP contribution < -0.4 is 5.32 Å². The number of phenolic OH excluding ortho intramolecular Hbond substituents is 2. The van der Waals surface area contributed by atoms with Gasteiger partial charge in [-0.05, 0) is 43.2 Å². The Labute approximate surface area is 127 Å². The fourth-order valence-electron chi connectivity index (χ4n) is 2.68. The minimum Gasteiger partial charge on any atom is -0.508 e. The molecule has 7 heteroatoms. The monoisotopic (exact) mass is 309 g/mol. The summed E-state index contributed by atoms with van der Waals surface area (Å²) in [5, 5.41) is 21.1. The topological polar surface area (TPSA) is 105 Å². The van der Waals surface area contributed by atoms with Crippen molar-refractivity contribution in [3.8, 4) is 11.5 Å². The molecule has 0 aliphatic heterocycles. The van der Waals surface area contributed by atoms with E-state index in [1.165, 1.54) is 6.07 Å². The largest absolute Gasteiger partial charge is 0.508 e. The van der Waals surface area contributed by atoms with Gasteiger partial charge in [-0.1, -0.05) is 6.07 Å². The molecule has 1 fully saturated rings. The summed E-state index contributed by atoms with van der Waals surface area (Å²) in [4.78, 5) is 22.3. The fourth-order valence-corrected chi connectivity index (χ4v) is 2.68. The quantitative estimate of drug-likeness (QED) is 0.775. The van der Waals surface area contributed by atoms with Crippen LogP contribution >= 0.6 is 0 Å². The van der Waals surface area contributed by atoms with Crippen LogP contribution in [0, 0.1) is 0 Å². The van der Waals surface area contributed by atoms with Gasteiger partial charge >= 0.3 is 12.2 Å². The van der Waals surface area contributed by atoms with E-state index in [0.29, 0.717) is 12.8 Å². The van der Waals surface area contributed by atoms with Crippen molar-refractivity contribution < 1.29 is 29.3 Å². The third-order valence-corrected chi connectivity index (χ3v) is 3.79. The number of imide groups is 1. The van der Waals surface area contributed by atoms with Crippen LogP contribution in [0.4, 0.5) is 9.59 Å². The van der Waals surface area contributed by atoms with Crippen molar-refractivity contribution in [3.05, 3.63) is 23.8 Å². The summed E-state index contributed by atoms with van der Waals surface area (Å²) >= 11 is 0. The minimum absolute atomic E-state index is 0.0257. The van der Waals surface area contributed by atoms with Crippen molar-refractivity contribution in [3.63, 3.8) is 0 Å². The van der Waals surface area contributed by atoms with Crippen LogP contribution in [0.2, 0.25) is 0 Å². The minimum atomic E-state index is -0.854. The second kappa shape index (κ2) is 7.02. The third kappa shape index (κ3) is 4.03. The molecule has 0 aromatic heterocycles. The summed E-state index contributed by atoms with van der Waals surface area (Å²) in [6.07, 6.45) is 0.831. The highest BCUT2D eigenvalue weighted by Gasteiger charge is 2.27. The number of carbonyl (C=O) groups is 2. The summed E-state index contributed by atoms with van der Waals surface area (Å²) < 4.78 is 9.45. The van der Waals surface area contributed by atoms with E-state index in [-0.39, 0.29) is 23.5 Å². The third-order valence-electron chi connectivity index (χ3n) is 3.79. The lowest BCUT2D eigenvalue weighted by Crippen LogP contribution is -2.34. The van der Waals surface area contributed by atoms with Crippen LogP contribution in [-0.4, -0.2) is 35.6 Å². The number of phenols is 2. The second-order valence-corrected chi connectivity index (χ2v) is 5.24. The molecule has 7 nitrogen and oxygen atoms in total. The number of amides is 2. The highest BCUT2D eigenvalue weighted by atomic mass is 16.6. The fraction of sp³-hybridized carbons (Fsp3) is 0.467. The average molecular weight is 309 g/mol. The van der Waals surface area contributed by atoms with Crippen molar-refractivity contribution >= 4 is 12.2 Å². The molecule has 1 aromatic carbocycles. The Morgan fingerprint density at radius 1 is 1.14 bits per heavy atom. The number of alkyl carbamates (subject to hydrolysis) is 2. The molecule has 0 bridgehead atoms. The smallest absolute Gasteiger partial charge is 0.416 e. The molecule has 1 aromatic rings. The molecular weight excluding hydrogens is 290 g/mol. The van der Waals surface area contributed by atoms with Gasteiger partial charge in [-0.2, -0.15) is 0 Å². The molecule has 22 heavy (non-hydrogen) atoms. The van der Waals surface area contributed by atoms with Crippen molar-refractivity contribution in [2.24, 2.45) is 0 Å². The lowest BCUT2D eigenvalue weighted by atomic mass is 9.82. The number of methoxy groups -OCH3 is 1. The second-order valence-electron chi connectivity index (χ2n) is 5.24. The molecule has 2 amide bonds. The van der Waals surface area contributed by atoms with Crippen LogP contribution in [0.5, 0.6) is 11.5 Å². The van der Waals surface area contributed by atoms with Gasteiger partial charge in [0, 0.05) is 6.07 Å². The predicted molar refractivity (Wildman–Crippen MR) is 76.8 cm³/mol. The van der Waals surface area contributed by atoms with Gasteiger partial charge in [0.2, 0.25) is 0 Å². The molecule has 0 atom stereocenters. The Kier molecular flexibility index (Phi) is 5.08. The van der Waals surface area contributed by atoms with E-state index in [0.717, 1.165) is 25.5 Å². The molecule has 120 valence electrons. The molecular formula is C15H19NO6. The van der Waals surface area contributed by atoms with Gasteiger partial charge in [0.05, 0.1) is 7.11 Å². The normalized spacial score (nSPS) is 21.0. The van der Waals surface area contributed by atoms with E-state index in [4.69, 9.17) is 4.74 Å². The number of ether oxygens (including phenoxy) is 2. The molecule has 0 spiro atoms. The van der Waals surface area contributed by atoms with Gasteiger partial charge in [-0.15, -0.1) is 0 Å². The molecule has 2 rings (SSSR count). The van der Waals surface area contributed by atoms with E-state index in [2.05, 4.69) is 4.74 Å². The number of carbonyl (C=O) groups excluding carboxylic acids is 2. The zero-order valence-electron chi connectivity index (χ0n) is 12.2. The standard InChI is InChI=1S/C15H19NO6/c1-21-14(19)16-15(20)22-11-5-2-9(3-6-11)12-7-4-10(17)8-13(12)18/h4,7-9,11,17-18H,2-3,5-6H2,1H3,(H,16,19,20). The number of hydrogen-bond donors (Lipinski definition) is 3. The first-order valence-corrected chi connectivity index (χ1v) is 7.07. The van der Waals surface area contributed by atoms with Gasteiger partial charge < -0.3 is 19.7 Å². The highest BCUT2D eigenvalue weighted by molar-refractivity contribution is 5.87. The number of nitrogens with one attached hydrogen (secondary N) is 1.